The van der Waals surface area contributed by atoms with Crippen molar-refractivity contribution in [3.05, 3.63) is 0 Å². The summed E-state index contributed by atoms with van der Waals surface area (Å²) in [7, 11) is 3.62. The van der Waals surface area contributed by atoms with Crippen molar-refractivity contribution in [3.8, 4) is 0 Å². The molecule has 1 rings (SSSR count). The molecule has 1 fully saturated rings. The lowest BCUT2D eigenvalue weighted by Crippen LogP contribution is -2.62. The maximum Gasteiger partial charge on any atom is 0.245 e. The van der Waals surface area contributed by atoms with E-state index >= 15 is 0 Å². The lowest BCUT2D eigenvalue weighted by atomic mass is 9.86. The molecule has 0 aliphatic carbocycles. The number of piperidine rings is 1. The topological polar surface area (TPSA) is 61.4 Å². The Hall–Kier alpha value is -1.10. The molecule has 0 aromatic rings. The second-order valence-electron chi connectivity index (χ2n) is 4.15. The standard InChI is InChI=1S/C10H19N3O2/c1-8(14)12-10(9(15)11-2)4-6-13(3)7-5-10/h4-7H2,1-3H3,(H,11,15)(H,12,14). The number of hydrogen-bond acceptors (Lipinski definition) is 3. The number of carbonyl (C=O) groups excluding carboxylic acids is 2. The van der Waals surface area contributed by atoms with Gasteiger partial charge < -0.3 is 15.5 Å². The van der Waals surface area contributed by atoms with Crippen molar-refractivity contribution in [1.82, 2.24) is 15.5 Å². The van der Waals surface area contributed by atoms with Crippen LogP contribution >= 0.6 is 0 Å². The van der Waals surface area contributed by atoms with Crippen LogP contribution in [0.15, 0.2) is 0 Å². The summed E-state index contributed by atoms with van der Waals surface area (Å²) >= 11 is 0. The molecule has 1 saturated heterocycles. The zero-order chi connectivity index (χ0) is 11.5. The molecule has 0 aromatic carbocycles. The third-order valence-corrected chi connectivity index (χ3v) is 2.92. The van der Waals surface area contributed by atoms with Crippen LogP contribution in [0.5, 0.6) is 0 Å². The Morgan fingerprint density at radius 2 is 1.80 bits per heavy atom. The van der Waals surface area contributed by atoms with Gasteiger partial charge in [-0.2, -0.15) is 0 Å². The summed E-state index contributed by atoms with van der Waals surface area (Å²) in [4.78, 5) is 25.1. The fourth-order valence-electron chi connectivity index (χ4n) is 1.99. The molecule has 5 heteroatoms. The van der Waals surface area contributed by atoms with Gasteiger partial charge in [-0.05, 0) is 19.9 Å². The summed E-state index contributed by atoms with van der Waals surface area (Å²) < 4.78 is 0. The number of amides is 2. The van der Waals surface area contributed by atoms with Crippen LogP contribution in [0.25, 0.3) is 0 Å². The van der Waals surface area contributed by atoms with Crippen LogP contribution < -0.4 is 10.6 Å². The molecule has 0 saturated carbocycles. The minimum absolute atomic E-state index is 0.0919. The first kappa shape index (κ1) is 12.0. The van der Waals surface area contributed by atoms with E-state index in [0.29, 0.717) is 12.8 Å². The zero-order valence-electron chi connectivity index (χ0n) is 9.59. The largest absolute Gasteiger partial charge is 0.357 e. The maximum atomic E-state index is 11.8. The van der Waals surface area contributed by atoms with Gasteiger partial charge in [-0.25, -0.2) is 0 Å². The molecule has 5 nitrogen and oxygen atoms in total. The molecule has 0 atom stereocenters. The van der Waals surface area contributed by atoms with Crippen molar-refractivity contribution in [2.45, 2.75) is 25.3 Å². The molecule has 0 unspecified atom stereocenters. The summed E-state index contributed by atoms with van der Waals surface area (Å²) in [6.07, 6.45) is 1.34. The van der Waals surface area contributed by atoms with E-state index in [0.717, 1.165) is 13.1 Å². The van der Waals surface area contributed by atoms with Gasteiger partial charge in [0.2, 0.25) is 11.8 Å². The SMILES string of the molecule is CNC(=O)C1(NC(C)=O)CCN(C)CC1. The lowest BCUT2D eigenvalue weighted by Gasteiger charge is -2.39. The van der Waals surface area contributed by atoms with E-state index in [1.165, 1.54) is 6.92 Å². The first-order valence-electron chi connectivity index (χ1n) is 5.20. The fraction of sp³-hybridized carbons (Fsp3) is 0.800. The molecule has 86 valence electrons. The molecule has 0 radical (unpaired) electrons. The smallest absolute Gasteiger partial charge is 0.245 e. The number of nitrogens with one attached hydrogen (secondary N) is 2. The molecule has 0 bridgehead atoms. The molecule has 1 aliphatic rings. The Morgan fingerprint density at radius 1 is 1.27 bits per heavy atom. The van der Waals surface area contributed by atoms with Gasteiger partial charge in [0, 0.05) is 27.1 Å². The summed E-state index contributed by atoms with van der Waals surface area (Å²) in [6, 6.07) is 0. The van der Waals surface area contributed by atoms with Gasteiger partial charge in [0.1, 0.15) is 5.54 Å². The molecule has 1 aliphatic heterocycles. The quantitative estimate of drug-likeness (QED) is 0.639. The number of carbonyl (C=O) groups is 2. The third-order valence-electron chi connectivity index (χ3n) is 2.92. The summed E-state index contributed by atoms with van der Waals surface area (Å²) in [5.74, 6) is -0.242. The summed E-state index contributed by atoms with van der Waals surface area (Å²) in [6.45, 7) is 3.10. The fourth-order valence-corrected chi connectivity index (χ4v) is 1.99. The predicted molar refractivity (Wildman–Crippen MR) is 57.3 cm³/mol. The van der Waals surface area contributed by atoms with Crippen molar-refractivity contribution >= 4 is 11.8 Å². The predicted octanol–water partition coefficient (Wildman–Crippen LogP) is -0.667. The van der Waals surface area contributed by atoms with E-state index in [1.54, 1.807) is 7.05 Å². The molecular formula is C10H19N3O2. The number of likely N-dealkylation sites (tertiary alicyclic amines) is 1. The van der Waals surface area contributed by atoms with Gasteiger partial charge >= 0.3 is 0 Å². The van der Waals surface area contributed by atoms with Crippen LogP contribution in [0.3, 0.4) is 0 Å². The minimum atomic E-state index is -0.701. The van der Waals surface area contributed by atoms with Gasteiger partial charge in [0.25, 0.3) is 0 Å². The molecule has 2 amide bonds. The van der Waals surface area contributed by atoms with E-state index in [-0.39, 0.29) is 11.8 Å². The summed E-state index contributed by atoms with van der Waals surface area (Å²) in [5, 5.41) is 5.41. The molecular weight excluding hydrogens is 194 g/mol. The van der Waals surface area contributed by atoms with Crippen molar-refractivity contribution < 1.29 is 9.59 Å². The molecule has 0 spiro atoms. The highest BCUT2D eigenvalue weighted by Gasteiger charge is 2.40. The highest BCUT2D eigenvalue weighted by Crippen LogP contribution is 2.21. The third kappa shape index (κ3) is 2.68. The van der Waals surface area contributed by atoms with Gasteiger partial charge in [-0.15, -0.1) is 0 Å². The van der Waals surface area contributed by atoms with Crippen LogP contribution in [0.1, 0.15) is 19.8 Å². The molecule has 0 aromatic heterocycles. The Morgan fingerprint density at radius 3 is 2.20 bits per heavy atom. The Labute approximate surface area is 90.2 Å². The lowest BCUT2D eigenvalue weighted by molar-refractivity contribution is -0.134. The molecule has 2 N–H and O–H groups in total. The van der Waals surface area contributed by atoms with Crippen LogP contribution in [0.4, 0.5) is 0 Å². The van der Waals surface area contributed by atoms with Crippen LogP contribution in [-0.4, -0.2) is 49.4 Å². The van der Waals surface area contributed by atoms with E-state index in [4.69, 9.17) is 0 Å². The second kappa shape index (κ2) is 4.61. The first-order valence-corrected chi connectivity index (χ1v) is 5.20. The molecule has 15 heavy (non-hydrogen) atoms. The Bertz CT molecular complexity index is 257. The van der Waals surface area contributed by atoms with Crippen LogP contribution in [-0.2, 0) is 9.59 Å². The van der Waals surface area contributed by atoms with Crippen molar-refractivity contribution in [1.29, 1.82) is 0 Å². The molecule has 1 heterocycles. The van der Waals surface area contributed by atoms with E-state index < -0.39 is 5.54 Å². The number of hydrogen-bond donors (Lipinski definition) is 2. The zero-order valence-corrected chi connectivity index (χ0v) is 9.59. The van der Waals surface area contributed by atoms with Crippen molar-refractivity contribution in [3.63, 3.8) is 0 Å². The maximum absolute atomic E-state index is 11.8. The van der Waals surface area contributed by atoms with Gasteiger partial charge in [-0.1, -0.05) is 0 Å². The number of nitrogens with zero attached hydrogens (tertiary/aromatic N) is 1. The minimum Gasteiger partial charge on any atom is -0.357 e. The number of likely N-dealkylation sites (N-methyl/N-ethyl adjacent to an activating group) is 1. The van der Waals surface area contributed by atoms with Crippen molar-refractivity contribution in [2.75, 3.05) is 27.2 Å². The van der Waals surface area contributed by atoms with Crippen LogP contribution in [0, 0.1) is 0 Å². The number of rotatable bonds is 2. The Balaban J connectivity index is 2.77. The second-order valence-corrected chi connectivity index (χ2v) is 4.15. The first-order chi connectivity index (χ1) is 7.00. The van der Waals surface area contributed by atoms with Gasteiger partial charge in [0.05, 0.1) is 0 Å². The van der Waals surface area contributed by atoms with E-state index in [2.05, 4.69) is 15.5 Å². The van der Waals surface area contributed by atoms with Gasteiger partial charge in [-0.3, -0.25) is 9.59 Å². The van der Waals surface area contributed by atoms with Crippen molar-refractivity contribution in [2.24, 2.45) is 0 Å². The van der Waals surface area contributed by atoms with E-state index in [1.807, 2.05) is 7.05 Å². The van der Waals surface area contributed by atoms with Gasteiger partial charge in [0.15, 0.2) is 0 Å². The average molecular weight is 213 g/mol. The Kier molecular flexibility index (Phi) is 3.68. The normalized spacial score (nSPS) is 20.7. The summed E-state index contributed by atoms with van der Waals surface area (Å²) in [5.41, 5.74) is -0.701. The highest BCUT2D eigenvalue weighted by molar-refractivity contribution is 5.90. The van der Waals surface area contributed by atoms with E-state index in [9.17, 15) is 9.59 Å². The monoisotopic (exact) mass is 213 g/mol. The van der Waals surface area contributed by atoms with Crippen LogP contribution in [0.2, 0.25) is 0 Å². The average Bonchev–Trinajstić information content (AvgIpc) is 2.20. The highest BCUT2D eigenvalue weighted by atomic mass is 16.2.